The number of piperazine rings is 1. The van der Waals surface area contributed by atoms with Crippen molar-refractivity contribution in [2.75, 3.05) is 44.2 Å². The van der Waals surface area contributed by atoms with E-state index in [-0.39, 0.29) is 18.7 Å². The number of carbonyl (C=O) groups is 1. The van der Waals surface area contributed by atoms with Crippen LogP contribution in [0.3, 0.4) is 0 Å². The number of fused-ring (bicyclic) bond motifs is 1. The average molecular weight is 415 g/mol. The van der Waals surface area contributed by atoms with Crippen molar-refractivity contribution in [2.24, 2.45) is 0 Å². The van der Waals surface area contributed by atoms with Gasteiger partial charge >= 0.3 is 6.09 Å². The molecule has 0 radical (unpaired) electrons. The van der Waals surface area contributed by atoms with Crippen LogP contribution in [-0.4, -0.2) is 72.1 Å². The molecular weight excluding hydrogens is 380 g/mol. The summed E-state index contributed by atoms with van der Waals surface area (Å²) in [6.45, 7) is 9.71. The van der Waals surface area contributed by atoms with Gasteiger partial charge in [0.05, 0.1) is 12.6 Å². The molecule has 1 amide bonds. The van der Waals surface area contributed by atoms with E-state index >= 15 is 0 Å². The third kappa shape index (κ3) is 6.06. The van der Waals surface area contributed by atoms with Gasteiger partial charge in [0.1, 0.15) is 11.4 Å². The highest BCUT2D eigenvalue weighted by atomic mass is 16.6. The maximum Gasteiger partial charge on any atom is 0.407 e. The Morgan fingerprint density at radius 2 is 2.03 bits per heavy atom. The number of aromatic nitrogens is 1. The van der Waals surface area contributed by atoms with E-state index in [1.165, 1.54) is 5.39 Å². The summed E-state index contributed by atoms with van der Waals surface area (Å²) in [6, 6.07) is 10.4. The Labute approximate surface area is 179 Å². The molecule has 1 aromatic carbocycles. The van der Waals surface area contributed by atoms with E-state index in [4.69, 9.17) is 4.74 Å². The van der Waals surface area contributed by atoms with Crippen molar-refractivity contribution < 1.29 is 14.6 Å². The molecule has 2 aromatic rings. The van der Waals surface area contributed by atoms with Gasteiger partial charge in [0.2, 0.25) is 0 Å². The molecule has 3 rings (SSSR count). The number of alkyl carbamates (subject to hydrolysis) is 1. The van der Waals surface area contributed by atoms with Gasteiger partial charge in [-0.2, -0.15) is 0 Å². The second-order valence-electron chi connectivity index (χ2n) is 8.81. The highest BCUT2D eigenvalue weighted by molar-refractivity contribution is 5.92. The number of rotatable bonds is 7. The van der Waals surface area contributed by atoms with Crippen LogP contribution in [-0.2, 0) is 4.74 Å². The first-order chi connectivity index (χ1) is 14.4. The van der Waals surface area contributed by atoms with Crippen molar-refractivity contribution in [1.82, 2.24) is 15.2 Å². The highest BCUT2D eigenvalue weighted by Crippen LogP contribution is 2.26. The van der Waals surface area contributed by atoms with Crippen LogP contribution in [0.2, 0.25) is 0 Å². The molecule has 1 aliphatic rings. The quantitative estimate of drug-likeness (QED) is 0.678. The lowest BCUT2D eigenvalue weighted by atomic mass is 10.1. The van der Waals surface area contributed by atoms with Crippen LogP contribution in [0.4, 0.5) is 10.6 Å². The molecule has 2 N–H and O–H groups in total. The number of hydrogen-bond donors (Lipinski definition) is 2. The number of amides is 1. The lowest BCUT2D eigenvalue weighted by molar-refractivity contribution is 0.0525. The molecule has 1 saturated heterocycles. The molecular formula is C23H34N4O3. The number of benzene rings is 1. The minimum absolute atomic E-state index is 0.0818. The van der Waals surface area contributed by atoms with Crippen LogP contribution >= 0.6 is 0 Å². The van der Waals surface area contributed by atoms with Gasteiger partial charge in [-0.25, -0.2) is 9.78 Å². The molecule has 0 spiro atoms. The number of aliphatic hydroxyl groups excluding tert-OH is 1. The van der Waals surface area contributed by atoms with Crippen LogP contribution < -0.4 is 10.2 Å². The van der Waals surface area contributed by atoms with E-state index in [9.17, 15) is 9.90 Å². The van der Waals surface area contributed by atoms with Crippen LogP contribution in [0.5, 0.6) is 0 Å². The number of carbonyl (C=O) groups excluding carboxylic acids is 1. The normalized spacial score (nSPS) is 17.9. The van der Waals surface area contributed by atoms with Crippen LogP contribution in [0.1, 0.15) is 33.6 Å². The molecule has 0 bridgehead atoms. The molecule has 2 heterocycles. The van der Waals surface area contributed by atoms with E-state index in [0.717, 1.165) is 50.2 Å². The van der Waals surface area contributed by atoms with Crippen molar-refractivity contribution in [3.8, 4) is 0 Å². The van der Waals surface area contributed by atoms with Gasteiger partial charge in [-0.05, 0) is 51.6 Å². The van der Waals surface area contributed by atoms with Crippen LogP contribution in [0.25, 0.3) is 10.8 Å². The molecule has 164 valence electrons. The van der Waals surface area contributed by atoms with E-state index < -0.39 is 5.60 Å². The summed E-state index contributed by atoms with van der Waals surface area (Å²) in [5.74, 6) is 0.993. The molecule has 0 aliphatic carbocycles. The summed E-state index contributed by atoms with van der Waals surface area (Å²) in [5.41, 5.74) is -0.475. The van der Waals surface area contributed by atoms with Crippen molar-refractivity contribution in [3.05, 3.63) is 36.5 Å². The molecule has 1 unspecified atom stereocenters. The first-order valence-corrected chi connectivity index (χ1v) is 10.8. The predicted molar refractivity (Wildman–Crippen MR) is 120 cm³/mol. The molecule has 30 heavy (non-hydrogen) atoms. The zero-order valence-electron chi connectivity index (χ0n) is 18.3. The first-order valence-electron chi connectivity index (χ1n) is 10.8. The number of hydrogen-bond acceptors (Lipinski definition) is 6. The number of pyridine rings is 1. The smallest absolute Gasteiger partial charge is 0.407 e. The van der Waals surface area contributed by atoms with Crippen molar-refractivity contribution >= 4 is 22.7 Å². The fourth-order valence-corrected chi connectivity index (χ4v) is 3.85. The van der Waals surface area contributed by atoms with Gasteiger partial charge in [-0.15, -0.1) is 0 Å². The van der Waals surface area contributed by atoms with Crippen molar-refractivity contribution in [1.29, 1.82) is 0 Å². The van der Waals surface area contributed by atoms with E-state index in [1.54, 1.807) is 0 Å². The maximum absolute atomic E-state index is 11.7. The zero-order valence-corrected chi connectivity index (χ0v) is 18.3. The Bertz CT molecular complexity index is 831. The number of ether oxygens (including phenoxy) is 1. The van der Waals surface area contributed by atoms with E-state index in [1.807, 2.05) is 45.2 Å². The molecule has 0 saturated carbocycles. The number of anilines is 1. The molecule has 7 nitrogen and oxygen atoms in total. The Kier molecular flexibility index (Phi) is 7.50. The number of aliphatic hydroxyl groups is 1. The standard InChI is InChI=1S/C23H34N4O3/c1-23(2,3)30-22(29)25-11-6-7-13-26-14-15-27(16-19(26)17-28)21-20-9-5-4-8-18(20)10-12-24-21/h4-5,8-10,12,19,28H,6-7,11,13-17H2,1-3H3,(H,25,29). The maximum atomic E-state index is 11.7. The first kappa shape index (κ1) is 22.3. The molecule has 1 atom stereocenters. The topological polar surface area (TPSA) is 77.9 Å². The van der Waals surface area contributed by atoms with Gasteiger partial charge < -0.3 is 20.1 Å². The monoisotopic (exact) mass is 414 g/mol. The largest absolute Gasteiger partial charge is 0.444 e. The third-order valence-electron chi connectivity index (χ3n) is 5.31. The lowest BCUT2D eigenvalue weighted by Crippen LogP contribution is -2.55. The lowest BCUT2D eigenvalue weighted by Gasteiger charge is -2.41. The summed E-state index contributed by atoms with van der Waals surface area (Å²) in [6.07, 6.45) is 3.32. The number of unbranched alkanes of at least 4 members (excludes halogenated alkanes) is 1. The number of nitrogens with one attached hydrogen (secondary N) is 1. The fraction of sp³-hybridized carbons (Fsp3) is 0.565. The Balaban J connectivity index is 1.47. The van der Waals surface area contributed by atoms with Gasteiger partial charge in [-0.1, -0.05) is 24.3 Å². The SMILES string of the molecule is CC(C)(C)OC(=O)NCCCCN1CCN(c2nccc3ccccc23)CC1CO. The summed E-state index contributed by atoms with van der Waals surface area (Å²) in [5, 5.41) is 15.1. The summed E-state index contributed by atoms with van der Waals surface area (Å²) in [7, 11) is 0. The van der Waals surface area contributed by atoms with Crippen molar-refractivity contribution in [2.45, 2.75) is 45.3 Å². The summed E-state index contributed by atoms with van der Waals surface area (Å²) < 4.78 is 5.25. The predicted octanol–water partition coefficient (Wildman–Crippen LogP) is 3.02. The molecule has 1 fully saturated rings. The third-order valence-corrected chi connectivity index (χ3v) is 5.31. The summed E-state index contributed by atoms with van der Waals surface area (Å²) in [4.78, 5) is 20.9. The van der Waals surface area contributed by atoms with Gasteiger partial charge in [0, 0.05) is 37.8 Å². The molecule has 1 aliphatic heterocycles. The van der Waals surface area contributed by atoms with Gasteiger partial charge in [-0.3, -0.25) is 4.90 Å². The molecule has 7 heteroatoms. The van der Waals surface area contributed by atoms with E-state index in [0.29, 0.717) is 6.54 Å². The minimum atomic E-state index is -0.475. The fourth-order valence-electron chi connectivity index (χ4n) is 3.85. The van der Waals surface area contributed by atoms with E-state index in [2.05, 4.69) is 32.2 Å². The Morgan fingerprint density at radius 1 is 1.23 bits per heavy atom. The van der Waals surface area contributed by atoms with Gasteiger partial charge in [0.15, 0.2) is 0 Å². The Hall–Kier alpha value is -2.38. The Morgan fingerprint density at radius 3 is 2.80 bits per heavy atom. The second kappa shape index (κ2) is 10.1. The highest BCUT2D eigenvalue weighted by Gasteiger charge is 2.27. The van der Waals surface area contributed by atoms with Gasteiger partial charge in [0.25, 0.3) is 0 Å². The van der Waals surface area contributed by atoms with Crippen molar-refractivity contribution in [3.63, 3.8) is 0 Å². The average Bonchev–Trinajstić information content (AvgIpc) is 2.72. The molecule has 1 aromatic heterocycles. The summed E-state index contributed by atoms with van der Waals surface area (Å²) >= 11 is 0. The van der Waals surface area contributed by atoms with Crippen LogP contribution in [0.15, 0.2) is 36.5 Å². The minimum Gasteiger partial charge on any atom is -0.444 e. The van der Waals surface area contributed by atoms with Crippen LogP contribution in [0, 0.1) is 0 Å². The number of nitrogens with zero attached hydrogens (tertiary/aromatic N) is 3. The second-order valence-corrected chi connectivity index (χ2v) is 8.81. The zero-order chi connectivity index (χ0) is 21.6.